The van der Waals surface area contributed by atoms with Crippen LogP contribution in [0.2, 0.25) is 5.02 Å². The van der Waals surface area contributed by atoms with Gasteiger partial charge in [-0.3, -0.25) is 0 Å². The number of benzene rings is 1. The van der Waals surface area contributed by atoms with Crippen LogP contribution in [0.25, 0.3) is 0 Å². The van der Waals surface area contributed by atoms with Gasteiger partial charge in [-0.1, -0.05) is 44.0 Å². The van der Waals surface area contributed by atoms with Gasteiger partial charge >= 0.3 is 0 Å². The van der Waals surface area contributed by atoms with E-state index in [1.165, 1.54) is 24.8 Å². The van der Waals surface area contributed by atoms with Crippen LogP contribution in [0.15, 0.2) is 24.3 Å². The van der Waals surface area contributed by atoms with E-state index < -0.39 is 0 Å². The quantitative estimate of drug-likeness (QED) is 0.847. The van der Waals surface area contributed by atoms with Gasteiger partial charge in [0.2, 0.25) is 0 Å². The Morgan fingerprint density at radius 3 is 2.59 bits per heavy atom. The van der Waals surface area contributed by atoms with E-state index in [0.29, 0.717) is 6.04 Å². The molecule has 1 aliphatic rings. The second kappa shape index (κ2) is 5.88. The third-order valence-electron chi connectivity index (χ3n) is 3.94. The van der Waals surface area contributed by atoms with Crippen molar-refractivity contribution in [3.8, 4) is 0 Å². The molecule has 1 saturated carbocycles. The highest BCUT2D eigenvalue weighted by Gasteiger charge is 2.24. The van der Waals surface area contributed by atoms with E-state index >= 15 is 0 Å². The van der Waals surface area contributed by atoms with Crippen molar-refractivity contribution in [2.24, 2.45) is 11.8 Å². The van der Waals surface area contributed by atoms with E-state index in [9.17, 15) is 0 Å². The van der Waals surface area contributed by atoms with Crippen molar-refractivity contribution in [3.63, 3.8) is 0 Å². The Hall–Kier alpha value is -0.530. The second-order valence-electron chi connectivity index (χ2n) is 5.51. The Bertz CT molecular complexity index is 346. The van der Waals surface area contributed by atoms with Crippen LogP contribution < -0.4 is 5.32 Å². The standard InChI is InChI=1S/C15H22ClN/c1-11-3-4-12(2)15(9-11)17-10-13-5-7-14(16)8-6-13/h5-8,11-12,15,17H,3-4,9-10H2,1-2H3. The summed E-state index contributed by atoms with van der Waals surface area (Å²) < 4.78 is 0. The Kier molecular flexibility index (Phi) is 4.47. The van der Waals surface area contributed by atoms with Gasteiger partial charge in [-0.25, -0.2) is 0 Å². The highest BCUT2D eigenvalue weighted by molar-refractivity contribution is 6.30. The van der Waals surface area contributed by atoms with Crippen LogP contribution in [0, 0.1) is 11.8 Å². The van der Waals surface area contributed by atoms with Crippen LogP contribution >= 0.6 is 11.6 Å². The minimum atomic E-state index is 0.675. The molecule has 1 aromatic rings. The molecular formula is C15H22ClN. The van der Waals surface area contributed by atoms with Gasteiger partial charge in [0.1, 0.15) is 0 Å². The predicted octanol–water partition coefficient (Wildman–Crippen LogP) is 4.25. The first kappa shape index (κ1) is 12.9. The average molecular weight is 252 g/mol. The first-order valence-electron chi connectivity index (χ1n) is 6.63. The van der Waals surface area contributed by atoms with Crippen LogP contribution in [0.5, 0.6) is 0 Å². The molecule has 1 fully saturated rings. The van der Waals surface area contributed by atoms with E-state index in [-0.39, 0.29) is 0 Å². The number of rotatable bonds is 3. The molecule has 1 N–H and O–H groups in total. The summed E-state index contributed by atoms with van der Waals surface area (Å²) >= 11 is 5.88. The van der Waals surface area contributed by atoms with Crippen molar-refractivity contribution in [3.05, 3.63) is 34.9 Å². The lowest BCUT2D eigenvalue weighted by molar-refractivity contribution is 0.227. The molecule has 0 aromatic heterocycles. The highest BCUT2D eigenvalue weighted by atomic mass is 35.5. The molecule has 1 aromatic carbocycles. The smallest absolute Gasteiger partial charge is 0.0406 e. The third kappa shape index (κ3) is 3.72. The molecule has 1 aliphatic carbocycles. The molecule has 0 bridgehead atoms. The average Bonchev–Trinajstić information content (AvgIpc) is 2.32. The number of hydrogen-bond donors (Lipinski definition) is 1. The van der Waals surface area contributed by atoms with Gasteiger partial charge in [-0.2, -0.15) is 0 Å². The van der Waals surface area contributed by atoms with Crippen LogP contribution in [-0.4, -0.2) is 6.04 Å². The molecule has 3 unspecified atom stereocenters. The zero-order chi connectivity index (χ0) is 12.3. The van der Waals surface area contributed by atoms with Crippen molar-refractivity contribution in [1.82, 2.24) is 5.32 Å². The van der Waals surface area contributed by atoms with Crippen molar-refractivity contribution in [2.75, 3.05) is 0 Å². The van der Waals surface area contributed by atoms with Crippen molar-refractivity contribution in [1.29, 1.82) is 0 Å². The van der Waals surface area contributed by atoms with E-state index in [2.05, 4.69) is 31.3 Å². The van der Waals surface area contributed by atoms with Gasteiger partial charge in [-0.15, -0.1) is 0 Å². The molecule has 0 radical (unpaired) electrons. The van der Waals surface area contributed by atoms with Crippen LogP contribution in [0.3, 0.4) is 0 Å². The SMILES string of the molecule is CC1CCC(C)C(NCc2ccc(Cl)cc2)C1. The Morgan fingerprint density at radius 1 is 1.18 bits per heavy atom. The van der Waals surface area contributed by atoms with Crippen LogP contribution in [-0.2, 0) is 6.54 Å². The Morgan fingerprint density at radius 2 is 1.88 bits per heavy atom. The number of hydrogen-bond acceptors (Lipinski definition) is 1. The summed E-state index contributed by atoms with van der Waals surface area (Å²) in [6.45, 7) is 5.69. The van der Waals surface area contributed by atoms with Crippen LogP contribution in [0.4, 0.5) is 0 Å². The Balaban J connectivity index is 1.86. The van der Waals surface area contributed by atoms with E-state index in [0.717, 1.165) is 23.4 Å². The van der Waals surface area contributed by atoms with E-state index in [1.54, 1.807) is 0 Å². The van der Waals surface area contributed by atoms with Gasteiger partial charge in [0, 0.05) is 17.6 Å². The first-order valence-corrected chi connectivity index (χ1v) is 7.01. The Labute approximate surface area is 110 Å². The van der Waals surface area contributed by atoms with Gasteiger partial charge in [0.25, 0.3) is 0 Å². The summed E-state index contributed by atoms with van der Waals surface area (Å²) in [6.07, 6.45) is 4.06. The second-order valence-corrected chi connectivity index (χ2v) is 5.95. The molecule has 0 spiro atoms. The maximum Gasteiger partial charge on any atom is 0.0406 e. The molecule has 94 valence electrons. The fourth-order valence-corrected chi connectivity index (χ4v) is 2.79. The lowest BCUT2D eigenvalue weighted by atomic mass is 9.80. The zero-order valence-electron chi connectivity index (χ0n) is 10.7. The van der Waals surface area contributed by atoms with Gasteiger partial charge in [0.05, 0.1) is 0 Å². The van der Waals surface area contributed by atoms with Crippen molar-refractivity contribution < 1.29 is 0 Å². The molecule has 3 atom stereocenters. The predicted molar refractivity (Wildman–Crippen MR) is 74.3 cm³/mol. The molecule has 0 amide bonds. The molecule has 0 heterocycles. The highest BCUT2D eigenvalue weighted by Crippen LogP contribution is 2.28. The van der Waals surface area contributed by atoms with Gasteiger partial charge < -0.3 is 5.32 Å². The van der Waals surface area contributed by atoms with Crippen molar-refractivity contribution in [2.45, 2.75) is 45.7 Å². The summed E-state index contributed by atoms with van der Waals surface area (Å²) in [5.41, 5.74) is 1.32. The van der Waals surface area contributed by atoms with E-state index in [4.69, 9.17) is 11.6 Å². The number of nitrogens with one attached hydrogen (secondary N) is 1. The summed E-state index contributed by atoms with van der Waals surface area (Å²) in [4.78, 5) is 0. The molecule has 17 heavy (non-hydrogen) atoms. The van der Waals surface area contributed by atoms with Crippen molar-refractivity contribution >= 4 is 11.6 Å². The topological polar surface area (TPSA) is 12.0 Å². The first-order chi connectivity index (χ1) is 8.15. The normalized spacial score (nSPS) is 29.2. The minimum absolute atomic E-state index is 0.675. The summed E-state index contributed by atoms with van der Waals surface area (Å²) in [7, 11) is 0. The lowest BCUT2D eigenvalue weighted by Gasteiger charge is -2.33. The third-order valence-corrected chi connectivity index (χ3v) is 4.19. The van der Waals surface area contributed by atoms with Gasteiger partial charge in [-0.05, 0) is 42.4 Å². The fraction of sp³-hybridized carbons (Fsp3) is 0.600. The minimum Gasteiger partial charge on any atom is -0.310 e. The van der Waals surface area contributed by atoms with Crippen LogP contribution in [0.1, 0.15) is 38.7 Å². The number of halogens is 1. The monoisotopic (exact) mass is 251 g/mol. The molecule has 0 aliphatic heterocycles. The maximum atomic E-state index is 5.88. The van der Waals surface area contributed by atoms with E-state index in [1.807, 2.05) is 12.1 Å². The molecule has 2 rings (SSSR count). The lowest BCUT2D eigenvalue weighted by Crippen LogP contribution is -2.39. The summed E-state index contributed by atoms with van der Waals surface area (Å²) in [6, 6.07) is 8.81. The maximum absolute atomic E-state index is 5.88. The fourth-order valence-electron chi connectivity index (χ4n) is 2.67. The molecule has 1 nitrogen and oxygen atoms in total. The van der Waals surface area contributed by atoms with Gasteiger partial charge in [0.15, 0.2) is 0 Å². The summed E-state index contributed by atoms with van der Waals surface area (Å²) in [5.74, 6) is 1.67. The largest absolute Gasteiger partial charge is 0.310 e. The zero-order valence-corrected chi connectivity index (χ0v) is 11.5. The molecule has 0 saturated heterocycles. The molecule has 2 heteroatoms. The molecular weight excluding hydrogens is 230 g/mol. The summed E-state index contributed by atoms with van der Waals surface area (Å²) in [5, 5.41) is 4.51.